The van der Waals surface area contributed by atoms with E-state index in [4.69, 9.17) is 10.9 Å². The van der Waals surface area contributed by atoms with Crippen LogP contribution >= 0.6 is 11.8 Å². The summed E-state index contributed by atoms with van der Waals surface area (Å²) in [5, 5.41) is 12.1. The Kier molecular flexibility index (Phi) is 5.85. The van der Waals surface area contributed by atoms with Gasteiger partial charge in [-0.25, -0.2) is 0 Å². The number of rotatable bonds is 6. The van der Waals surface area contributed by atoms with E-state index in [1.54, 1.807) is 11.8 Å². The number of nitrogens with zero attached hydrogens (tertiary/aromatic N) is 2. The van der Waals surface area contributed by atoms with Crippen molar-refractivity contribution < 1.29 is 5.21 Å². The van der Waals surface area contributed by atoms with Crippen LogP contribution in [0.2, 0.25) is 0 Å². The van der Waals surface area contributed by atoms with Crippen LogP contribution in [0.1, 0.15) is 26.3 Å². The molecule has 0 saturated carbocycles. The molecule has 1 aromatic rings. The maximum Gasteiger partial charge on any atom is 0.173 e. The van der Waals surface area contributed by atoms with Crippen LogP contribution in [0.4, 0.5) is 5.69 Å². The van der Waals surface area contributed by atoms with E-state index in [-0.39, 0.29) is 5.84 Å². The lowest BCUT2D eigenvalue weighted by Gasteiger charge is -2.25. The van der Waals surface area contributed by atoms with Crippen LogP contribution in [-0.2, 0) is 0 Å². The van der Waals surface area contributed by atoms with Crippen LogP contribution in [0.3, 0.4) is 0 Å². The molecule has 0 aliphatic heterocycles. The normalized spacial score (nSPS) is 11.6. The fraction of sp³-hybridized carbons (Fsp3) is 0.462. The monoisotopic (exact) mass is 267 g/mol. The van der Waals surface area contributed by atoms with E-state index in [0.29, 0.717) is 0 Å². The number of hydrogen-bond donors (Lipinski definition) is 2. The van der Waals surface area contributed by atoms with Crippen molar-refractivity contribution in [3.63, 3.8) is 0 Å². The zero-order chi connectivity index (χ0) is 13.5. The third-order valence-corrected chi connectivity index (χ3v) is 3.71. The molecule has 1 rings (SSSR count). The Morgan fingerprint density at radius 2 is 2.00 bits per heavy atom. The molecule has 0 atom stereocenters. The Balaban J connectivity index is 3.36. The van der Waals surface area contributed by atoms with Crippen LogP contribution in [-0.4, -0.2) is 29.9 Å². The lowest BCUT2D eigenvalue weighted by atomic mass is 10.1. The van der Waals surface area contributed by atoms with Crippen LogP contribution in [0.25, 0.3) is 0 Å². The summed E-state index contributed by atoms with van der Waals surface area (Å²) in [6, 6.07) is 6.04. The van der Waals surface area contributed by atoms with Crippen molar-refractivity contribution in [1.29, 1.82) is 0 Å². The highest BCUT2D eigenvalue weighted by atomic mass is 32.2. The summed E-state index contributed by atoms with van der Waals surface area (Å²) in [6.07, 6.45) is 0. The SMILES string of the molecule is CCSc1cccc(N(CC)CC)c1/C(N)=N/O. The number of nitrogens with two attached hydrogens (primary N) is 1. The third-order valence-electron chi connectivity index (χ3n) is 2.77. The molecule has 4 nitrogen and oxygen atoms in total. The first-order valence-electron chi connectivity index (χ1n) is 6.18. The summed E-state index contributed by atoms with van der Waals surface area (Å²) in [4.78, 5) is 3.25. The van der Waals surface area contributed by atoms with Gasteiger partial charge in [-0.2, -0.15) is 0 Å². The van der Waals surface area contributed by atoms with Gasteiger partial charge in [-0.15, -0.1) is 11.8 Å². The number of hydrogen-bond acceptors (Lipinski definition) is 4. The van der Waals surface area contributed by atoms with E-state index in [0.717, 1.165) is 35.0 Å². The summed E-state index contributed by atoms with van der Waals surface area (Å²) in [6.45, 7) is 8.06. The molecule has 0 fully saturated rings. The summed E-state index contributed by atoms with van der Waals surface area (Å²) in [5.41, 5.74) is 7.68. The smallest absolute Gasteiger partial charge is 0.173 e. The van der Waals surface area contributed by atoms with Gasteiger partial charge in [-0.05, 0) is 31.7 Å². The molecule has 0 aromatic heterocycles. The second-order valence-corrected chi connectivity index (χ2v) is 5.05. The van der Waals surface area contributed by atoms with Crippen LogP contribution in [0.5, 0.6) is 0 Å². The molecule has 0 aliphatic carbocycles. The predicted octanol–water partition coefficient (Wildman–Crippen LogP) is 2.74. The van der Waals surface area contributed by atoms with Gasteiger partial charge in [0.05, 0.1) is 5.56 Å². The average molecular weight is 267 g/mol. The standard InChI is InChI=1S/C13H21N3OS/c1-4-16(5-2)10-8-7-9-11(18-6-3)12(10)13(14)15-17/h7-9,17H,4-6H2,1-3H3,(H2,14,15). The van der Waals surface area contributed by atoms with Gasteiger partial charge in [0, 0.05) is 23.7 Å². The first-order chi connectivity index (χ1) is 8.69. The summed E-state index contributed by atoms with van der Waals surface area (Å²) in [5.74, 6) is 1.13. The summed E-state index contributed by atoms with van der Waals surface area (Å²) >= 11 is 1.70. The molecule has 0 spiro atoms. The molecular weight excluding hydrogens is 246 g/mol. The number of amidine groups is 1. The maximum atomic E-state index is 8.97. The predicted molar refractivity (Wildman–Crippen MR) is 78.9 cm³/mol. The first kappa shape index (κ1) is 14.7. The Morgan fingerprint density at radius 1 is 1.33 bits per heavy atom. The molecular formula is C13H21N3OS. The molecule has 0 bridgehead atoms. The molecule has 0 saturated heterocycles. The quantitative estimate of drug-likeness (QED) is 0.273. The van der Waals surface area contributed by atoms with E-state index >= 15 is 0 Å². The lowest BCUT2D eigenvalue weighted by molar-refractivity contribution is 0.318. The van der Waals surface area contributed by atoms with E-state index in [2.05, 4.69) is 30.8 Å². The Bertz CT molecular complexity index is 417. The van der Waals surface area contributed by atoms with Crippen molar-refractivity contribution in [2.45, 2.75) is 25.7 Å². The van der Waals surface area contributed by atoms with Crippen LogP contribution in [0, 0.1) is 0 Å². The molecule has 5 heteroatoms. The molecule has 0 radical (unpaired) electrons. The largest absolute Gasteiger partial charge is 0.409 e. The highest BCUT2D eigenvalue weighted by Crippen LogP contribution is 2.30. The highest BCUT2D eigenvalue weighted by Gasteiger charge is 2.16. The second-order valence-electron chi connectivity index (χ2n) is 3.74. The van der Waals surface area contributed by atoms with Crippen molar-refractivity contribution in [2.75, 3.05) is 23.7 Å². The van der Waals surface area contributed by atoms with E-state index in [9.17, 15) is 0 Å². The molecule has 0 heterocycles. The Morgan fingerprint density at radius 3 is 2.50 bits per heavy atom. The van der Waals surface area contributed by atoms with Gasteiger partial charge >= 0.3 is 0 Å². The van der Waals surface area contributed by atoms with E-state index in [1.165, 1.54) is 0 Å². The Hall–Kier alpha value is -1.36. The van der Waals surface area contributed by atoms with Gasteiger partial charge in [0.15, 0.2) is 5.84 Å². The van der Waals surface area contributed by atoms with Crippen LogP contribution < -0.4 is 10.6 Å². The van der Waals surface area contributed by atoms with Crippen molar-refractivity contribution in [3.05, 3.63) is 23.8 Å². The van der Waals surface area contributed by atoms with Gasteiger partial charge in [0.25, 0.3) is 0 Å². The topological polar surface area (TPSA) is 61.8 Å². The number of thioether (sulfide) groups is 1. The van der Waals surface area contributed by atoms with Gasteiger partial charge in [0.1, 0.15) is 0 Å². The first-order valence-corrected chi connectivity index (χ1v) is 7.16. The minimum absolute atomic E-state index is 0.174. The van der Waals surface area contributed by atoms with Crippen molar-refractivity contribution in [2.24, 2.45) is 10.9 Å². The lowest BCUT2D eigenvalue weighted by Crippen LogP contribution is -2.26. The molecule has 3 N–H and O–H groups in total. The van der Waals surface area contributed by atoms with E-state index < -0.39 is 0 Å². The number of anilines is 1. The minimum atomic E-state index is 0.174. The molecule has 0 amide bonds. The van der Waals surface area contributed by atoms with Crippen LogP contribution in [0.15, 0.2) is 28.3 Å². The molecule has 0 unspecified atom stereocenters. The molecule has 1 aromatic carbocycles. The van der Waals surface area contributed by atoms with Gasteiger partial charge in [-0.3, -0.25) is 0 Å². The fourth-order valence-corrected chi connectivity index (χ4v) is 2.77. The molecule has 18 heavy (non-hydrogen) atoms. The van der Waals surface area contributed by atoms with Gasteiger partial charge in [-0.1, -0.05) is 18.1 Å². The molecule has 0 aliphatic rings. The fourth-order valence-electron chi connectivity index (χ4n) is 1.93. The maximum absolute atomic E-state index is 8.97. The molecule has 100 valence electrons. The van der Waals surface area contributed by atoms with E-state index in [1.807, 2.05) is 18.2 Å². The zero-order valence-electron chi connectivity index (χ0n) is 11.2. The summed E-state index contributed by atoms with van der Waals surface area (Å²) in [7, 11) is 0. The number of benzene rings is 1. The van der Waals surface area contributed by atoms with Crippen molar-refractivity contribution in [1.82, 2.24) is 0 Å². The number of oxime groups is 1. The second kappa shape index (κ2) is 7.16. The Labute approximate surface area is 113 Å². The van der Waals surface area contributed by atoms with Crippen molar-refractivity contribution >= 4 is 23.3 Å². The third kappa shape index (κ3) is 3.10. The average Bonchev–Trinajstić information content (AvgIpc) is 2.40. The van der Waals surface area contributed by atoms with Crippen molar-refractivity contribution in [3.8, 4) is 0 Å². The zero-order valence-corrected chi connectivity index (χ0v) is 12.0. The van der Waals surface area contributed by atoms with Gasteiger partial charge in [0.2, 0.25) is 0 Å². The minimum Gasteiger partial charge on any atom is -0.409 e. The summed E-state index contributed by atoms with van der Waals surface area (Å²) < 4.78 is 0. The highest BCUT2D eigenvalue weighted by molar-refractivity contribution is 7.99. The van der Waals surface area contributed by atoms with Gasteiger partial charge < -0.3 is 15.8 Å².